The van der Waals surface area contributed by atoms with E-state index in [2.05, 4.69) is 5.32 Å². The van der Waals surface area contributed by atoms with Crippen LogP contribution in [0.15, 0.2) is 48.5 Å². The Kier molecular flexibility index (Phi) is 7.42. The molecule has 0 radical (unpaired) electrons. The molecule has 0 bridgehead atoms. The van der Waals surface area contributed by atoms with Crippen molar-refractivity contribution in [2.45, 2.75) is 26.4 Å². The smallest absolute Gasteiger partial charge is 0.253 e. The van der Waals surface area contributed by atoms with E-state index in [4.69, 9.17) is 10.5 Å². The van der Waals surface area contributed by atoms with Crippen molar-refractivity contribution >= 4 is 24.0 Å². The molecule has 2 aromatic rings. The summed E-state index contributed by atoms with van der Waals surface area (Å²) in [5.41, 5.74) is 7.93. The van der Waals surface area contributed by atoms with Gasteiger partial charge in [0.2, 0.25) is 0 Å². The first kappa shape index (κ1) is 18.8. The minimum atomic E-state index is -0.176. The third kappa shape index (κ3) is 5.49. The second-order valence-electron chi connectivity index (χ2n) is 5.26. The Morgan fingerprint density at radius 2 is 1.96 bits per heavy atom. The van der Waals surface area contributed by atoms with Gasteiger partial charge in [-0.25, -0.2) is 0 Å². The Bertz CT molecular complexity index is 646. The number of amides is 1. The number of hydrogen-bond donors (Lipinski definition) is 2. The average molecular weight is 335 g/mol. The van der Waals surface area contributed by atoms with Crippen LogP contribution in [0.3, 0.4) is 0 Å². The van der Waals surface area contributed by atoms with E-state index in [0.717, 1.165) is 17.7 Å². The molecule has 0 heterocycles. The molecule has 23 heavy (non-hydrogen) atoms. The van der Waals surface area contributed by atoms with Crippen molar-refractivity contribution in [3.63, 3.8) is 0 Å². The Morgan fingerprint density at radius 3 is 2.61 bits per heavy atom. The number of carbonyl (C=O) groups excluding carboxylic acids is 1. The maximum absolute atomic E-state index is 12.1. The average Bonchev–Trinajstić information content (AvgIpc) is 2.51. The summed E-state index contributed by atoms with van der Waals surface area (Å²) in [4.78, 5) is 12.1. The number of halogens is 1. The van der Waals surface area contributed by atoms with Gasteiger partial charge in [0.05, 0.1) is 12.1 Å². The standard InChI is InChI=1S/C18H22N2O2.ClH/c1-3-14(22-15-8-6-7-13(2)11-15)12-20-18(21)16-9-4-5-10-17(16)19;/h4-11,14H,3,12,19H2,1-2H3,(H,20,21);1H. The quantitative estimate of drug-likeness (QED) is 0.793. The van der Waals surface area contributed by atoms with Crippen LogP contribution in [0.4, 0.5) is 5.69 Å². The fourth-order valence-electron chi connectivity index (χ4n) is 2.16. The Balaban J connectivity index is 0.00000264. The van der Waals surface area contributed by atoms with Crippen molar-refractivity contribution in [3.8, 4) is 5.75 Å². The van der Waals surface area contributed by atoms with E-state index in [1.807, 2.05) is 44.2 Å². The highest BCUT2D eigenvalue weighted by Gasteiger charge is 2.13. The summed E-state index contributed by atoms with van der Waals surface area (Å²) in [7, 11) is 0. The molecule has 5 heteroatoms. The second-order valence-corrected chi connectivity index (χ2v) is 5.26. The van der Waals surface area contributed by atoms with Gasteiger partial charge in [0.15, 0.2) is 0 Å². The first-order chi connectivity index (χ1) is 10.6. The van der Waals surface area contributed by atoms with Gasteiger partial charge in [-0.3, -0.25) is 4.79 Å². The van der Waals surface area contributed by atoms with E-state index >= 15 is 0 Å². The highest BCUT2D eigenvalue weighted by molar-refractivity contribution is 5.99. The number of carbonyl (C=O) groups is 1. The molecule has 1 amide bonds. The third-order valence-electron chi connectivity index (χ3n) is 3.44. The zero-order valence-corrected chi connectivity index (χ0v) is 14.2. The molecular formula is C18H23ClN2O2. The minimum Gasteiger partial charge on any atom is -0.489 e. The fourth-order valence-corrected chi connectivity index (χ4v) is 2.16. The molecule has 0 saturated heterocycles. The van der Waals surface area contributed by atoms with Gasteiger partial charge in [0.1, 0.15) is 11.9 Å². The minimum absolute atomic E-state index is 0. The van der Waals surface area contributed by atoms with Gasteiger partial charge in [0.25, 0.3) is 5.91 Å². The van der Waals surface area contributed by atoms with Crippen molar-refractivity contribution in [3.05, 3.63) is 59.7 Å². The van der Waals surface area contributed by atoms with Crippen LogP contribution in [0.1, 0.15) is 29.3 Å². The Hall–Kier alpha value is -2.20. The van der Waals surface area contributed by atoms with Gasteiger partial charge in [0, 0.05) is 5.69 Å². The van der Waals surface area contributed by atoms with Crippen LogP contribution in [0.2, 0.25) is 0 Å². The lowest BCUT2D eigenvalue weighted by Crippen LogP contribution is -2.35. The molecule has 0 aliphatic carbocycles. The van der Waals surface area contributed by atoms with Gasteiger partial charge in [-0.2, -0.15) is 0 Å². The molecule has 2 rings (SSSR count). The first-order valence-corrected chi connectivity index (χ1v) is 7.46. The molecule has 2 aromatic carbocycles. The number of nitrogens with one attached hydrogen (secondary N) is 1. The lowest BCUT2D eigenvalue weighted by atomic mass is 10.1. The molecule has 0 aromatic heterocycles. The van der Waals surface area contributed by atoms with Crippen molar-refractivity contribution in [1.82, 2.24) is 5.32 Å². The summed E-state index contributed by atoms with van der Waals surface area (Å²) in [5, 5.41) is 2.88. The van der Waals surface area contributed by atoms with Crippen LogP contribution in [0.25, 0.3) is 0 Å². The number of aryl methyl sites for hydroxylation is 1. The zero-order chi connectivity index (χ0) is 15.9. The number of hydrogen-bond acceptors (Lipinski definition) is 3. The van der Waals surface area contributed by atoms with Gasteiger partial charge in [-0.15, -0.1) is 12.4 Å². The summed E-state index contributed by atoms with van der Waals surface area (Å²) in [6, 6.07) is 14.9. The van der Waals surface area contributed by atoms with Crippen LogP contribution in [-0.2, 0) is 0 Å². The zero-order valence-electron chi connectivity index (χ0n) is 13.4. The Morgan fingerprint density at radius 1 is 1.22 bits per heavy atom. The molecule has 0 aliphatic rings. The van der Waals surface area contributed by atoms with Crippen LogP contribution < -0.4 is 15.8 Å². The first-order valence-electron chi connectivity index (χ1n) is 7.46. The van der Waals surface area contributed by atoms with E-state index in [9.17, 15) is 4.79 Å². The summed E-state index contributed by atoms with van der Waals surface area (Å²) in [5.74, 6) is 0.643. The maximum atomic E-state index is 12.1. The second kappa shape index (κ2) is 9.06. The largest absolute Gasteiger partial charge is 0.489 e. The molecule has 0 saturated carbocycles. The van der Waals surface area contributed by atoms with Crippen LogP contribution >= 0.6 is 12.4 Å². The van der Waals surface area contributed by atoms with E-state index in [1.165, 1.54) is 0 Å². The lowest BCUT2D eigenvalue weighted by Gasteiger charge is -2.18. The van der Waals surface area contributed by atoms with Crippen molar-refractivity contribution in [1.29, 1.82) is 0 Å². The van der Waals surface area contributed by atoms with Crippen LogP contribution in [0, 0.1) is 6.92 Å². The van der Waals surface area contributed by atoms with Crippen LogP contribution in [0.5, 0.6) is 5.75 Å². The van der Waals surface area contributed by atoms with Crippen molar-refractivity contribution in [2.24, 2.45) is 0 Å². The molecule has 3 N–H and O–H groups in total. The predicted octanol–water partition coefficient (Wildman–Crippen LogP) is 3.59. The maximum Gasteiger partial charge on any atom is 0.253 e. The molecule has 124 valence electrons. The molecule has 1 atom stereocenters. The number of para-hydroxylation sites is 1. The van der Waals surface area contributed by atoms with Gasteiger partial charge < -0.3 is 15.8 Å². The topological polar surface area (TPSA) is 64.4 Å². The van der Waals surface area contributed by atoms with E-state index < -0.39 is 0 Å². The normalized spacial score (nSPS) is 11.2. The van der Waals surface area contributed by atoms with E-state index in [0.29, 0.717) is 17.8 Å². The number of benzene rings is 2. The highest BCUT2D eigenvalue weighted by Crippen LogP contribution is 2.15. The summed E-state index contributed by atoms with van der Waals surface area (Å²) in [6.07, 6.45) is 0.731. The number of nitrogens with two attached hydrogens (primary N) is 1. The summed E-state index contributed by atoms with van der Waals surface area (Å²) >= 11 is 0. The van der Waals surface area contributed by atoms with E-state index in [-0.39, 0.29) is 24.4 Å². The Labute approximate surface area is 143 Å². The lowest BCUT2D eigenvalue weighted by molar-refractivity contribution is 0.0927. The SMILES string of the molecule is CCC(CNC(=O)c1ccccc1N)Oc1cccc(C)c1.Cl. The molecule has 4 nitrogen and oxygen atoms in total. The van der Waals surface area contributed by atoms with Crippen molar-refractivity contribution < 1.29 is 9.53 Å². The van der Waals surface area contributed by atoms with E-state index in [1.54, 1.807) is 18.2 Å². The molecule has 1 unspecified atom stereocenters. The van der Waals surface area contributed by atoms with Gasteiger partial charge in [-0.05, 0) is 43.2 Å². The van der Waals surface area contributed by atoms with Gasteiger partial charge >= 0.3 is 0 Å². The number of ether oxygens (including phenoxy) is 1. The van der Waals surface area contributed by atoms with Crippen molar-refractivity contribution in [2.75, 3.05) is 12.3 Å². The summed E-state index contributed by atoms with van der Waals surface area (Å²) < 4.78 is 5.92. The fraction of sp³-hybridized carbons (Fsp3) is 0.278. The number of anilines is 1. The van der Waals surface area contributed by atoms with Gasteiger partial charge in [-0.1, -0.05) is 31.2 Å². The number of rotatable bonds is 6. The molecular weight excluding hydrogens is 312 g/mol. The predicted molar refractivity (Wildman–Crippen MR) is 96.3 cm³/mol. The summed E-state index contributed by atoms with van der Waals surface area (Å²) in [6.45, 7) is 4.49. The molecule has 0 spiro atoms. The number of nitrogen functional groups attached to an aromatic ring is 1. The monoisotopic (exact) mass is 334 g/mol. The molecule has 0 aliphatic heterocycles. The van der Waals surface area contributed by atoms with Crippen LogP contribution in [-0.4, -0.2) is 18.6 Å². The molecule has 0 fully saturated rings. The highest BCUT2D eigenvalue weighted by atomic mass is 35.5. The third-order valence-corrected chi connectivity index (χ3v) is 3.44.